The number of benzene rings is 1. The predicted molar refractivity (Wildman–Crippen MR) is 141 cm³/mol. The standard InChI is InChI=1S/C26H30N4O2S2/c1-32-13-12-28-8-10-29(11-9-28)19-6-7-21-23(15-19)34-25-24(21)26(31)30(17-27-25)16-20-14-18-4-2-3-5-22(18)33-20/h2-5,14,17,19H,6-13,15-16H2,1H3. The van der Waals surface area contributed by atoms with Crippen LogP contribution in [0.3, 0.4) is 0 Å². The summed E-state index contributed by atoms with van der Waals surface area (Å²) in [4.78, 5) is 26.9. The summed E-state index contributed by atoms with van der Waals surface area (Å²) >= 11 is 3.49. The van der Waals surface area contributed by atoms with E-state index >= 15 is 0 Å². The van der Waals surface area contributed by atoms with E-state index in [2.05, 4.69) is 40.1 Å². The van der Waals surface area contributed by atoms with Crippen LogP contribution >= 0.6 is 22.7 Å². The highest BCUT2D eigenvalue weighted by molar-refractivity contribution is 7.19. The Morgan fingerprint density at radius 3 is 2.82 bits per heavy atom. The van der Waals surface area contributed by atoms with Crippen molar-refractivity contribution in [3.8, 4) is 0 Å². The summed E-state index contributed by atoms with van der Waals surface area (Å²) in [7, 11) is 1.77. The van der Waals surface area contributed by atoms with E-state index < -0.39 is 0 Å². The van der Waals surface area contributed by atoms with E-state index in [-0.39, 0.29) is 5.56 Å². The minimum Gasteiger partial charge on any atom is -0.383 e. The molecule has 178 valence electrons. The van der Waals surface area contributed by atoms with Gasteiger partial charge in [-0.05, 0) is 42.3 Å². The second-order valence-electron chi connectivity index (χ2n) is 9.38. The molecule has 0 N–H and O–H groups in total. The summed E-state index contributed by atoms with van der Waals surface area (Å²) in [5.41, 5.74) is 1.38. The van der Waals surface area contributed by atoms with Crippen LogP contribution in [0, 0.1) is 0 Å². The average molecular weight is 495 g/mol. The highest BCUT2D eigenvalue weighted by atomic mass is 32.1. The molecule has 1 atom stereocenters. The van der Waals surface area contributed by atoms with Crippen LogP contribution in [0.25, 0.3) is 20.3 Å². The van der Waals surface area contributed by atoms with Gasteiger partial charge in [0.1, 0.15) is 4.83 Å². The second-order valence-corrected chi connectivity index (χ2v) is 11.6. The van der Waals surface area contributed by atoms with Crippen molar-refractivity contribution in [1.29, 1.82) is 0 Å². The number of ether oxygens (including phenoxy) is 1. The van der Waals surface area contributed by atoms with Gasteiger partial charge >= 0.3 is 0 Å². The Kier molecular flexibility index (Phi) is 6.26. The number of nitrogens with zero attached hydrogens (tertiary/aromatic N) is 4. The molecule has 1 aromatic carbocycles. The normalized spacial score (nSPS) is 19.7. The van der Waals surface area contributed by atoms with Gasteiger partial charge in [-0.3, -0.25) is 19.2 Å². The number of hydrogen-bond donors (Lipinski definition) is 0. The average Bonchev–Trinajstić information content (AvgIpc) is 3.45. The summed E-state index contributed by atoms with van der Waals surface area (Å²) in [6, 6.07) is 11.2. The Balaban J connectivity index is 1.20. The summed E-state index contributed by atoms with van der Waals surface area (Å²) in [5.74, 6) is 0. The Labute approximate surface area is 207 Å². The molecular formula is C26H30N4O2S2. The molecule has 3 aromatic heterocycles. The summed E-state index contributed by atoms with van der Waals surface area (Å²) in [6.07, 6.45) is 4.90. The van der Waals surface area contributed by atoms with E-state index in [4.69, 9.17) is 9.72 Å². The van der Waals surface area contributed by atoms with Crippen LogP contribution in [0.1, 0.15) is 21.7 Å². The molecule has 1 unspecified atom stereocenters. The van der Waals surface area contributed by atoms with Crippen molar-refractivity contribution in [3.63, 3.8) is 0 Å². The molecule has 6 rings (SSSR count). The van der Waals surface area contributed by atoms with Crippen LogP contribution in [0.2, 0.25) is 0 Å². The molecule has 2 aliphatic rings. The van der Waals surface area contributed by atoms with Gasteiger partial charge in [-0.25, -0.2) is 4.98 Å². The van der Waals surface area contributed by atoms with Gasteiger partial charge in [0, 0.05) is 60.3 Å². The molecule has 4 heterocycles. The Hall–Kier alpha value is -2.10. The topological polar surface area (TPSA) is 50.6 Å². The zero-order valence-electron chi connectivity index (χ0n) is 19.5. The molecule has 0 amide bonds. The quantitative estimate of drug-likeness (QED) is 0.408. The lowest BCUT2D eigenvalue weighted by molar-refractivity contribution is 0.0707. The molecule has 0 bridgehead atoms. The molecule has 4 aromatic rings. The lowest BCUT2D eigenvalue weighted by atomic mass is 9.91. The van der Waals surface area contributed by atoms with E-state index in [0.29, 0.717) is 12.6 Å². The monoisotopic (exact) mass is 494 g/mol. The largest absolute Gasteiger partial charge is 0.383 e. The minimum atomic E-state index is 0.116. The van der Waals surface area contributed by atoms with Gasteiger partial charge in [0.05, 0.1) is 24.9 Å². The third-order valence-electron chi connectivity index (χ3n) is 7.35. The third-order valence-corrected chi connectivity index (χ3v) is 9.61. The molecule has 1 aliphatic heterocycles. The first kappa shape index (κ1) is 22.4. The van der Waals surface area contributed by atoms with Crippen LogP contribution < -0.4 is 5.56 Å². The van der Waals surface area contributed by atoms with Crippen molar-refractivity contribution >= 4 is 43.0 Å². The first-order valence-electron chi connectivity index (χ1n) is 12.1. The van der Waals surface area contributed by atoms with Crippen molar-refractivity contribution in [3.05, 3.63) is 62.3 Å². The van der Waals surface area contributed by atoms with Crippen molar-refractivity contribution in [2.45, 2.75) is 31.8 Å². The Bertz CT molecular complexity index is 1330. The van der Waals surface area contributed by atoms with Gasteiger partial charge in [0.15, 0.2) is 0 Å². The molecule has 0 radical (unpaired) electrons. The number of aromatic nitrogens is 2. The third kappa shape index (κ3) is 4.22. The fourth-order valence-electron chi connectivity index (χ4n) is 5.46. The Morgan fingerprint density at radius 1 is 1.15 bits per heavy atom. The molecule has 34 heavy (non-hydrogen) atoms. The van der Waals surface area contributed by atoms with E-state index in [9.17, 15) is 4.79 Å². The predicted octanol–water partition coefficient (Wildman–Crippen LogP) is 3.84. The fourth-order valence-corrected chi connectivity index (χ4v) is 7.78. The summed E-state index contributed by atoms with van der Waals surface area (Å²) in [6.45, 7) is 6.88. The molecule has 1 aliphatic carbocycles. The molecule has 1 saturated heterocycles. The van der Waals surface area contributed by atoms with Gasteiger partial charge in [-0.15, -0.1) is 22.7 Å². The number of aryl methyl sites for hydroxylation is 1. The highest BCUT2D eigenvalue weighted by Gasteiger charge is 2.30. The first-order valence-corrected chi connectivity index (χ1v) is 13.8. The van der Waals surface area contributed by atoms with Crippen LogP contribution in [0.15, 0.2) is 41.5 Å². The second kappa shape index (κ2) is 9.51. The highest BCUT2D eigenvalue weighted by Crippen LogP contribution is 2.35. The van der Waals surface area contributed by atoms with Gasteiger partial charge in [0.2, 0.25) is 0 Å². The SMILES string of the molecule is COCCN1CCN(C2CCc3c(sc4ncn(Cc5cc6ccccc6s5)c(=O)c34)C2)CC1. The van der Waals surface area contributed by atoms with E-state index in [1.807, 2.05) is 0 Å². The van der Waals surface area contributed by atoms with E-state index in [1.165, 1.54) is 25.4 Å². The fraction of sp³-hybridized carbons (Fsp3) is 0.462. The molecule has 6 nitrogen and oxygen atoms in total. The van der Waals surface area contributed by atoms with Crippen LogP contribution in [-0.2, 0) is 24.1 Å². The first-order chi connectivity index (χ1) is 16.7. The van der Waals surface area contributed by atoms with Crippen molar-refractivity contribution in [2.24, 2.45) is 0 Å². The van der Waals surface area contributed by atoms with Gasteiger partial charge in [0.25, 0.3) is 5.56 Å². The van der Waals surface area contributed by atoms with Gasteiger partial charge < -0.3 is 4.74 Å². The van der Waals surface area contributed by atoms with Gasteiger partial charge in [-0.2, -0.15) is 0 Å². The molecule has 0 spiro atoms. The molecule has 8 heteroatoms. The molecule has 0 saturated carbocycles. The lowest BCUT2D eigenvalue weighted by Crippen LogP contribution is -2.52. The smallest absolute Gasteiger partial charge is 0.262 e. The van der Waals surface area contributed by atoms with Gasteiger partial charge in [-0.1, -0.05) is 18.2 Å². The van der Waals surface area contributed by atoms with Crippen LogP contribution in [-0.4, -0.2) is 71.8 Å². The van der Waals surface area contributed by atoms with E-state index in [1.54, 1.807) is 40.7 Å². The molecular weight excluding hydrogens is 464 g/mol. The van der Waals surface area contributed by atoms with Crippen LogP contribution in [0.5, 0.6) is 0 Å². The minimum absolute atomic E-state index is 0.116. The maximum Gasteiger partial charge on any atom is 0.262 e. The number of fused-ring (bicyclic) bond motifs is 4. The number of hydrogen-bond acceptors (Lipinski definition) is 7. The number of rotatable bonds is 6. The zero-order valence-corrected chi connectivity index (χ0v) is 21.2. The van der Waals surface area contributed by atoms with E-state index in [0.717, 1.165) is 68.8 Å². The number of piperazine rings is 1. The Morgan fingerprint density at radius 2 is 2.00 bits per heavy atom. The lowest BCUT2D eigenvalue weighted by Gasteiger charge is -2.40. The summed E-state index contributed by atoms with van der Waals surface area (Å²) in [5, 5.41) is 2.11. The van der Waals surface area contributed by atoms with Crippen molar-refractivity contribution < 1.29 is 4.74 Å². The maximum absolute atomic E-state index is 13.5. The zero-order chi connectivity index (χ0) is 23.1. The summed E-state index contributed by atoms with van der Waals surface area (Å²) < 4.78 is 8.29. The van der Waals surface area contributed by atoms with Crippen molar-refractivity contribution in [1.82, 2.24) is 19.4 Å². The number of methoxy groups -OCH3 is 1. The maximum atomic E-state index is 13.5. The van der Waals surface area contributed by atoms with Crippen LogP contribution in [0.4, 0.5) is 0 Å². The molecule has 1 fully saturated rings. The number of thiophene rings is 2. The van der Waals surface area contributed by atoms with Crippen molar-refractivity contribution in [2.75, 3.05) is 46.4 Å².